The smallest absolute Gasteiger partial charge is 0.355 e. The van der Waals surface area contributed by atoms with Gasteiger partial charge in [-0.05, 0) is 18.1 Å². The molecule has 0 saturated heterocycles. The number of carbonyl (C=O) groups excluding carboxylic acids is 1. The maximum atomic E-state index is 12.1. The van der Waals surface area contributed by atoms with E-state index in [1.807, 2.05) is 6.07 Å². The SMILES string of the molecule is CCOC(=O)C1=C(C(=O)O)N=C(C#N)C2=CC=CC=C1C2. The lowest BCUT2D eigenvalue weighted by Gasteiger charge is -2.10. The Morgan fingerprint density at radius 2 is 2.05 bits per heavy atom. The molecule has 0 spiro atoms. The molecule has 2 aliphatic rings. The van der Waals surface area contributed by atoms with Crippen LogP contribution in [0.1, 0.15) is 13.3 Å². The predicted octanol–water partition coefficient (Wildman–Crippen LogP) is 1.68. The average molecular weight is 284 g/mol. The zero-order valence-electron chi connectivity index (χ0n) is 11.3. The topological polar surface area (TPSA) is 99.8 Å². The van der Waals surface area contributed by atoms with Gasteiger partial charge in [-0.1, -0.05) is 24.3 Å². The van der Waals surface area contributed by atoms with E-state index in [-0.39, 0.29) is 24.3 Å². The van der Waals surface area contributed by atoms with Crippen LogP contribution >= 0.6 is 0 Å². The second-order valence-corrected chi connectivity index (χ2v) is 4.27. The highest BCUT2D eigenvalue weighted by Crippen LogP contribution is 2.30. The summed E-state index contributed by atoms with van der Waals surface area (Å²) >= 11 is 0. The van der Waals surface area contributed by atoms with Crippen molar-refractivity contribution in [3.63, 3.8) is 0 Å². The van der Waals surface area contributed by atoms with Gasteiger partial charge in [0.1, 0.15) is 11.8 Å². The Bertz CT molecular complexity index is 700. The summed E-state index contributed by atoms with van der Waals surface area (Å²) in [4.78, 5) is 27.4. The highest BCUT2D eigenvalue weighted by Gasteiger charge is 2.30. The molecule has 0 aromatic rings. The van der Waals surface area contributed by atoms with Crippen LogP contribution in [0.15, 0.2) is 51.7 Å². The maximum absolute atomic E-state index is 12.1. The van der Waals surface area contributed by atoms with Gasteiger partial charge in [-0.3, -0.25) is 0 Å². The van der Waals surface area contributed by atoms with Gasteiger partial charge in [-0.15, -0.1) is 0 Å². The number of rotatable bonds is 3. The highest BCUT2D eigenvalue weighted by molar-refractivity contribution is 6.16. The Kier molecular flexibility index (Phi) is 4.14. The number of esters is 1. The van der Waals surface area contributed by atoms with Crippen molar-refractivity contribution in [1.82, 2.24) is 0 Å². The molecule has 0 radical (unpaired) electrons. The molecule has 0 unspecified atom stereocenters. The number of fused-ring (bicyclic) bond motifs is 2. The molecule has 2 bridgehead atoms. The maximum Gasteiger partial charge on any atom is 0.355 e. The number of allylic oxidation sites excluding steroid dienone is 5. The third-order valence-corrected chi connectivity index (χ3v) is 2.96. The molecule has 6 heteroatoms. The average Bonchev–Trinajstić information content (AvgIpc) is 2.77. The van der Waals surface area contributed by atoms with Gasteiger partial charge < -0.3 is 9.84 Å². The minimum Gasteiger partial charge on any atom is -0.476 e. The molecule has 1 N–H and O–H groups in total. The second kappa shape index (κ2) is 6.01. The van der Waals surface area contributed by atoms with E-state index in [1.54, 1.807) is 31.2 Å². The van der Waals surface area contributed by atoms with Gasteiger partial charge in [0.15, 0.2) is 5.70 Å². The van der Waals surface area contributed by atoms with Crippen molar-refractivity contribution in [2.24, 2.45) is 4.99 Å². The molecule has 106 valence electrons. The van der Waals surface area contributed by atoms with Crippen molar-refractivity contribution in [1.29, 1.82) is 5.26 Å². The minimum atomic E-state index is -1.37. The summed E-state index contributed by atoms with van der Waals surface area (Å²) < 4.78 is 4.92. The van der Waals surface area contributed by atoms with Crippen molar-refractivity contribution >= 4 is 17.7 Å². The van der Waals surface area contributed by atoms with Crippen molar-refractivity contribution in [3.05, 3.63) is 46.7 Å². The molecule has 0 fully saturated rings. The lowest BCUT2D eigenvalue weighted by molar-refractivity contribution is -0.139. The van der Waals surface area contributed by atoms with E-state index >= 15 is 0 Å². The van der Waals surface area contributed by atoms with Crippen molar-refractivity contribution < 1.29 is 19.4 Å². The molecular weight excluding hydrogens is 272 g/mol. The number of hydrogen-bond acceptors (Lipinski definition) is 5. The van der Waals surface area contributed by atoms with Gasteiger partial charge in [-0.2, -0.15) is 5.26 Å². The number of carbonyl (C=O) groups is 2. The first-order chi connectivity index (χ1) is 10.1. The summed E-state index contributed by atoms with van der Waals surface area (Å²) in [6, 6.07) is 1.87. The van der Waals surface area contributed by atoms with Crippen molar-refractivity contribution in [2.75, 3.05) is 6.61 Å². The summed E-state index contributed by atoms with van der Waals surface area (Å²) in [5.74, 6) is -2.12. The number of carboxylic acids is 1. The van der Waals surface area contributed by atoms with Crippen molar-refractivity contribution in [2.45, 2.75) is 13.3 Å². The Morgan fingerprint density at radius 1 is 1.38 bits per heavy atom. The van der Waals surface area contributed by atoms with Crippen LogP contribution in [0.2, 0.25) is 0 Å². The number of nitriles is 1. The normalized spacial score (nSPS) is 16.9. The fourth-order valence-corrected chi connectivity index (χ4v) is 2.08. The lowest BCUT2D eigenvalue weighted by Crippen LogP contribution is -2.15. The lowest BCUT2D eigenvalue weighted by atomic mass is 9.96. The summed E-state index contributed by atoms with van der Waals surface area (Å²) in [6.07, 6.45) is 6.96. The molecule has 0 aromatic heterocycles. The van der Waals surface area contributed by atoms with Crippen LogP contribution in [0.5, 0.6) is 0 Å². The molecule has 0 atom stereocenters. The van der Waals surface area contributed by atoms with Gasteiger partial charge in [0.05, 0.1) is 12.2 Å². The molecular formula is C15H12N2O4. The van der Waals surface area contributed by atoms with E-state index in [9.17, 15) is 14.7 Å². The zero-order valence-corrected chi connectivity index (χ0v) is 11.3. The summed E-state index contributed by atoms with van der Waals surface area (Å²) in [5, 5.41) is 18.5. The molecule has 0 amide bonds. The summed E-state index contributed by atoms with van der Waals surface area (Å²) in [5.41, 5.74) is 0.460. The first-order valence-corrected chi connectivity index (χ1v) is 6.29. The van der Waals surface area contributed by atoms with Crippen LogP contribution in [0, 0.1) is 11.3 Å². The Morgan fingerprint density at radius 3 is 2.62 bits per heavy atom. The van der Waals surface area contributed by atoms with Crippen LogP contribution in [0.4, 0.5) is 0 Å². The molecule has 1 heterocycles. The fourth-order valence-electron chi connectivity index (χ4n) is 2.08. The number of hydrogen-bond donors (Lipinski definition) is 1. The highest BCUT2D eigenvalue weighted by atomic mass is 16.5. The Balaban J connectivity index is 2.72. The third-order valence-electron chi connectivity index (χ3n) is 2.96. The number of aliphatic imine (C=N–C) groups is 1. The number of ether oxygens (including phenoxy) is 1. The first-order valence-electron chi connectivity index (χ1n) is 6.29. The van der Waals surface area contributed by atoms with E-state index in [1.165, 1.54) is 0 Å². The van der Waals surface area contributed by atoms with E-state index < -0.39 is 17.6 Å². The molecule has 0 saturated carbocycles. The molecule has 1 aliphatic heterocycles. The van der Waals surface area contributed by atoms with Crippen LogP contribution in [-0.4, -0.2) is 29.4 Å². The Labute approximate surface area is 121 Å². The van der Waals surface area contributed by atoms with Gasteiger partial charge in [0, 0.05) is 6.42 Å². The first kappa shape index (κ1) is 14.5. The van der Waals surface area contributed by atoms with E-state index in [2.05, 4.69) is 4.99 Å². The third kappa shape index (κ3) is 2.82. The molecule has 6 nitrogen and oxygen atoms in total. The molecule has 2 rings (SSSR count). The summed E-state index contributed by atoms with van der Waals surface area (Å²) in [6.45, 7) is 1.75. The van der Waals surface area contributed by atoms with E-state index in [4.69, 9.17) is 10.00 Å². The largest absolute Gasteiger partial charge is 0.476 e. The molecule has 0 aromatic carbocycles. The van der Waals surface area contributed by atoms with Crippen LogP contribution < -0.4 is 0 Å². The fraction of sp³-hybridized carbons (Fsp3) is 0.200. The van der Waals surface area contributed by atoms with Crippen LogP contribution in [0.25, 0.3) is 0 Å². The molecule has 21 heavy (non-hydrogen) atoms. The predicted molar refractivity (Wildman–Crippen MR) is 74.3 cm³/mol. The van der Waals surface area contributed by atoms with Crippen LogP contribution in [0.3, 0.4) is 0 Å². The van der Waals surface area contributed by atoms with Gasteiger partial charge in [0.25, 0.3) is 0 Å². The molecule has 1 aliphatic carbocycles. The number of nitrogens with zero attached hydrogens (tertiary/aromatic N) is 2. The second-order valence-electron chi connectivity index (χ2n) is 4.27. The van der Waals surface area contributed by atoms with E-state index in [0.717, 1.165) is 0 Å². The van der Waals surface area contributed by atoms with Crippen LogP contribution in [-0.2, 0) is 14.3 Å². The Hall–Kier alpha value is -2.94. The van der Waals surface area contributed by atoms with Gasteiger partial charge in [0.2, 0.25) is 0 Å². The quantitative estimate of drug-likeness (QED) is 0.795. The monoisotopic (exact) mass is 284 g/mol. The number of carboxylic acid groups (broad SMARTS) is 1. The standard InChI is InChI=1S/C15H12N2O4/c1-2-21-15(20)12-10-6-4-3-5-9(7-10)11(8-16)17-13(12)14(18)19/h3-6H,2,7H2,1H3,(H,18,19). The summed E-state index contributed by atoms with van der Waals surface area (Å²) in [7, 11) is 0. The minimum absolute atomic E-state index is 0.0100. The van der Waals surface area contributed by atoms with E-state index in [0.29, 0.717) is 11.1 Å². The van der Waals surface area contributed by atoms with Gasteiger partial charge >= 0.3 is 11.9 Å². The zero-order chi connectivity index (χ0) is 15.4. The number of aliphatic carboxylic acids is 1. The van der Waals surface area contributed by atoms with Gasteiger partial charge in [-0.25, -0.2) is 14.6 Å². The van der Waals surface area contributed by atoms with Crippen molar-refractivity contribution in [3.8, 4) is 6.07 Å².